The first-order valence-corrected chi connectivity index (χ1v) is 2.14. The van der Waals surface area contributed by atoms with Crippen LogP contribution in [-0.4, -0.2) is 18.5 Å². The van der Waals surface area contributed by atoms with Gasteiger partial charge in [0.05, 0.1) is 6.42 Å². The highest BCUT2D eigenvalue weighted by Crippen LogP contribution is 2.43. The van der Waals surface area contributed by atoms with E-state index in [-0.39, 0.29) is 12.9 Å². The predicted octanol–water partition coefficient (Wildman–Crippen LogP) is 0.567. The highest BCUT2D eigenvalue weighted by atomic mass is 19.3. The van der Waals surface area contributed by atoms with Crippen molar-refractivity contribution in [2.45, 2.75) is 18.4 Å². The average molecular weight is 122 g/mol. The zero-order chi connectivity index (χ0) is 6.20. The Labute approximate surface area is 44.4 Å². The zero-order valence-electron chi connectivity index (χ0n) is 3.93. The van der Waals surface area contributed by atoms with Crippen LogP contribution in [0.4, 0.5) is 8.78 Å². The third kappa shape index (κ3) is 0.778. The number of rotatable bonds is 2. The third-order valence-electron chi connectivity index (χ3n) is 0.988. The van der Waals surface area contributed by atoms with Gasteiger partial charge in [0.2, 0.25) is 0 Å². The summed E-state index contributed by atoms with van der Waals surface area (Å²) in [7, 11) is 0. The molecule has 0 N–H and O–H groups in total. The van der Waals surface area contributed by atoms with Crippen LogP contribution >= 0.6 is 0 Å². The lowest BCUT2D eigenvalue weighted by Crippen LogP contribution is -2.01. The summed E-state index contributed by atoms with van der Waals surface area (Å²) in [4.78, 5) is 9.39. The van der Waals surface area contributed by atoms with Crippen molar-refractivity contribution in [2.24, 2.45) is 0 Å². The molecular weight excluding hydrogens is 118 g/mol. The summed E-state index contributed by atoms with van der Waals surface area (Å²) in [6.07, 6.45) is -1.45. The monoisotopic (exact) mass is 122 g/mol. The second-order valence-electron chi connectivity index (χ2n) is 1.69. The molecule has 0 saturated heterocycles. The Hall–Kier alpha value is -0.670. The van der Waals surface area contributed by atoms with Gasteiger partial charge in [-0.1, -0.05) is 0 Å². The van der Waals surface area contributed by atoms with Crippen LogP contribution in [0.1, 0.15) is 6.42 Å². The number of carbonyl (C=O) groups is 1. The van der Waals surface area contributed by atoms with Crippen LogP contribution < -0.4 is 0 Å². The summed E-state index contributed by atoms with van der Waals surface area (Å²) < 4.78 is 27.3. The molecule has 1 aliphatic rings. The van der Waals surface area contributed by atoms with Gasteiger partial charge >= 0.3 is 0 Å². The molecule has 1 saturated carbocycles. The van der Waals surface area contributed by atoms with E-state index in [4.69, 9.17) is 0 Å². The van der Waals surface area contributed by atoms with E-state index < -0.39 is 12.0 Å². The van der Waals surface area contributed by atoms with Crippen molar-refractivity contribution in [3.05, 3.63) is 0 Å². The van der Waals surface area contributed by atoms with Gasteiger partial charge < -0.3 is 4.74 Å². The number of halogens is 2. The normalized spacial score (nSPS) is 31.5. The Kier molecular flexibility index (Phi) is 0.957. The molecule has 0 aliphatic heterocycles. The molecule has 0 amide bonds. The van der Waals surface area contributed by atoms with Gasteiger partial charge in [0, 0.05) is 0 Å². The van der Waals surface area contributed by atoms with Crippen molar-refractivity contribution < 1.29 is 18.3 Å². The number of ether oxygens (including phenoxy) is 1. The molecule has 1 fully saturated rings. The fourth-order valence-corrected chi connectivity index (χ4v) is 0.403. The SMILES string of the molecule is O=COC1CC1(F)F. The molecular formula is C4H4F2O2. The minimum atomic E-state index is -2.74. The highest BCUT2D eigenvalue weighted by molar-refractivity contribution is 5.38. The molecule has 0 aromatic heterocycles. The molecule has 2 nitrogen and oxygen atoms in total. The largest absolute Gasteiger partial charge is 0.458 e. The summed E-state index contributed by atoms with van der Waals surface area (Å²) in [6.45, 7) is 0.0472. The first kappa shape index (κ1) is 5.47. The van der Waals surface area contributed by atoms with Crippen molar-refractivity contribution in [1.29, 1.82) is 0 Å². The zero-order valence-corrected chi connectivity index (χ0v) is 3.93. The number of alkyl halides is 2. The molecule has 46 valence electrons. The van der Waals surface area contributed by atoms with Crippen molar-refractivity contribution >= 4 is 6.47 Å². The second kappa shape index (κ2) is 1.40. The summed E-state index contributed by atoms with van der Waals surface area (Å²) in [5.74, 6) is -2.74. The molecule has 1 atom stereocenters. The Morgan fingerprint density at radius 3 is 2.38 bits per heavy atom. The second-order valence-corrected chi connectivity index (χ2v) is 1.69. The van der Waals surface area contributed by atoms with Crippen LogP contribution in [0, 0.1) is 0 Å². The molecule has 4 heteroatoms. The van der Waals surface area contributed by atoms with Crippen LogP contribution in [0.5, 0.6) is 0 Å². The number of hydrogen-bond donors (Lipinski definition) is 0. The maximum atomic E-state index is 11.7. The maximum Gasteiger partial charge on any atom is 0.293 e. The van der Waals surface area contributed by atoms with Gasteiger partial charge in [-0.3, -0.25) is 4.79 Å². The quantitative estimate of drug-likeness (QED) is 0.500. The number of hydrogen-bond acceptors (Lipinski definition) is 2. The van der Waals surface area contributed by atoms with Gasteiger partial charge in [0.25, 0.3) is 12.4 Å². The Bertz CT molecular complexity index is 113. The van der Waals surface area contributed by atoms with E-state index in [9.17, 15) is 13.6 Å². The van der Waals surface area contributed by atoms with Crippen LogP contribution in [-0.2, 0) is 9.53 Å². The summed E-state index contributed by atoms with van der Waals surface area (Å²) >= 11 is 0. The predicted molar refractivity (Wildman–Crippen MR) is 20.5 cm³/mol. The van der Waals surface area contributed by atoms with Gasteiger partial charge in [-0.15, -0.1) is 0 Å². The Morgan fingerprint density at radius 1 is 1.75 bits per heavy atom. The van der Waals surface area contributed by atoms with Crippen LogP contribution in [0.25, 0.3) is 0 Å². The van der Waals surface area contributed by atoms with Crippen molar-refractivity contribution in [1.82, 2.24) is 0 Å². The van der Waals surface area contributed by atoms with E-state index in [1.165, 1.54) is 0 Å². The van der Waals surface area contributed by atoms with Gasteiger partial charge in [0.15, 0.2) is 6.10 Å². The number of carbonyl (C=O) groups excluding carboxylic acids is 1. The fourth-order valence-electron chi connectivity index (χ4n) is 0.403. The third-order valence-corrected chi connectivity index (χ3v) is 0.988. The minimum Gasteiger partial charge on any atom is -0.458 e. The van der Waals surface area contributed by atoms with E-state index in [2.05, 4.69) is 4.74 Å². The summed E-state index contributed by atoms with van der Waals surface area (Å²) in [5.41, 5.74) is 0. The molecule has 1 unspecified atom stereocenters. The standard InChI is InChI=1S/C4H4F2O2/c5-4(6)1-3(4)8-2-7/h2-3H,1H2. The summed E-state index contributed by atoms with van der Waals surface area (Å²) in [6, 6.07) is 0. The Balaban J connectivity index is 2.26. The Morgan fingerprint density at radius 2 is 2.25 bits per heavy atom. The van der Waals surface area contributed by atoms with E-state index in [1.807, 2.05) is 0 Å². The molecule has 8 heavy (non-hydrogen) atoms. The van der Waals surface area contributed by atoms with Crippen LogP contribution in [0.2, 0.25) is 0 Å². The van der Waals surface area contributed by atoms with Crippen molar-refractivity contribution in [3.63, 3.8) is 0 Å². The first-order chi connectivity index (χ1) is 3.67. The molecule has 0 aromatic carbocycles. The van der Waals surface area contributed by atoms with E-state index >= 15 is 0 Å². The van der Waals surface area contributed by atoms with Crippen molar-refractivity contribution in [2.75, 3.05) is 0 Å². The van der Waals surface area contributed by atoms with E-state index in [1.54, 1.807) is 0 Å². The highest BCUT2D eigenvalue weighted by Gasteiger charge is 2.59. The molecule has 0 aromatic rings. The van der Waals surface area contributed by atoms with E-state index in [0.717, 1.165) is 0 Å². The van der Waals surface area contributed by atoms with Gasteiger partial charge in [-0.25, -0.2) is 8.78 Å². The van der Waals surface area contributed by atoms with Crippen molar-refractivity contribution in [3.8, 4) is 0 Å². The lowest BCUT2D eigenvalue weighted by molar-refractivity contribution is -0.133. The average Bonchev–Trinajstić information content (AvgIpc) is 2.15. The van der Waals surface area contributed by atoms with Gasteiger partial charge in [0.1, 0.15) is 0 Å². The smallest absolute Gasteiger partial charge is 0.293 e. The first-order valence-electron chi connectivity index (χ1n) is 2.14. The lowest BCUT2D eigenvalue weighted by Gasteiger charge is -1.90. The molecule has 1 aliphatic carbocycles. The van der Waals surface area contributed by atoms with E-state index in [0.29, 0.717) is 0 Å². The molecule has 0 heterocycles. The maximum absolute atomic E-state index is 11.7. The van der Waals surface area contributed by atoms with Gasteiger partial charge in [-0.05, 0) is 0 Å². The molecule has 0 spiro atoms. The van der Waals surface area contributed by atoms with Crippen LogP contribution in [0.15, 0.2) is 0 Å². The summed E-state index contributed by atoms with van der Waals surface area (Å²) in [5, 5.41) is 0. The topological polar surface area (TPSA) is 26.3 Å². The van der Waals surface area contributed by atoms with Crippen LogP contribution in [0.3, 0.4) is 0 Å². The van der Waals surface area contributed by atoms with Gasteiger partial charge in [-0.2, -0.15) is 0 Å². The fraction of sp³-hybridized carbons (Fsp3) is 0.750. The molecule has 0 bridgehead atoms. The minimum absolute atomic E-state index is 0.0472. The molecule has 0 radical (unpaired) electrons. The lowest BCUT2D eigenvalue weighted by atomic mass is 10.8. The molecule has 1 rings (SSSR count).